The van der Waals surface area contributed by atoms with E-state index in [-0.39, 0.29) is 0 Å². The molecule has 2 heterocycles. The molecule has 4 aromatic carbocycles. The Morgan fingerprint density at radius 1 is 0.750 bits per heavy atom. The molecule has 5 nitrogen and oxygen atoms in total. The molecule has 0 saturated carbocycles. The summed E-state index contributed by atoms with van der Waals surface area (Å²) in [5.41, 5.74) is 4.36. The summed E-state index contributed by atoms with van der Waals surface area (Å²) in [6, 6.07) is 26.8. The van der Waals surface area contributed by atoms with E-state index in [1.54, 1.807) is 24.4 Å². The number of nitrogens with zero attached hydrogens (tertiary/aromatic N) is 4. The van der Waals surface area contributed by atoms with Gasteiger partial charge in [0.1, 0.15) is 11.5 Å². The van der Waals surface area contributed by atoms with E-state index in [0.717, 1.165) is 38.1 Å². The van der Waals surface area contributed by atoms with Crippen LogP contribution < -0.4 is 0 Å². The van der Waals surface area contributed by atoms with Crippen LogP contribution in [0.25, 0.3) is 44.0 Å². The van der Waals surface area contributed by atoms with E-state index in [1.807, 2.05) is 54.6 Å². The predicted octanol–water partition coefficient (Wildman–Crippen LogP) is 6.73. The maximum atomic E-state index is 9.68. The number of pyridine rings is 1. The van der Waals surface area contributed by atoms with Crippen LogP contribution in [0.5, 0.6) is 0 Å². The molecule has 0 amide bonds. The molecule has 6 aromatic rings. The fraction of sp³-hybridized carbons (Fsp3) is 0. The zero-order valence-electron chi connectivity index (χ0n) is 18.7. The average Bonchev–Trinajstić information content (AvgIpc) is 3.37. The Kier molecular flexibility index (Phi) is 5.09. The average molecular weight is 480 g/mol. The van der Waals surface area contributed by atoms with Gasteiger partial charge in [0.2, 0.25) is 0 Å². The van der Waals surface area contributed by atoms with Gasteiger partial charge in [-0.25, -0.2) is 9.97 Å². The van der Waals surface area contributed by atoms with Gasteiger partial charge >= 0.3 is 0 Å². The third-order valence-electron chi connectivity index (χ3n) is 6.06. The lowest BCUT2D eigenvalue weighted by Crippen LogP contribution is -1.91. The van der Waals surface area contributed by atoms with Crippen LogP contribution in [-0.2, 0) is 0 Å². The zero-order valence-corrected chi connectivity index (χ0v) is 19.4. The van der Waals surface area contributed by atoms with E-state index in [9.17, 15) is 10.5 Å². The van der Waals surface area contributed by atoms with Crippen molar-refractivity contribution in [1.29, 1.82) is 10.5 Å². The number of aromatic nitrogens is 3. The Balaban J connectivity index is 1.65. The smallest absolute Gasteiger partial charge is 0.141 e. The predicted molar refractivity (Wildman–Crippen MR) is 141 cm³/mol. The lowest BCUT2D eigenvalue weighted by Gasteiger charge is -2.07. The van der Waals surface area contributed by atoms with Crippen LogP contribution in [0.15, 0.2) is 79.0 Å². The zero-order chi connectivity index (χ0) is 24.6. The van der Waals surface area contributed by atoms with Gasteiger partial charge in [0.25, 0.3) is 0 Å². The summed E-state index contributed by atoms with van der Waals surface area (Å²) in [5, 5.41) is 23.7. The monoisotopic (exact) mass is 479 g/mol. The molecule has 0 bridgehead atoms. The van der Waals surface area contributed by atoms with Gasteiger partial charge in [0.05, 0.1) is 39.9 Å². The van der Waals surface area contributed by atoms with Gasteiger partial charge in [0, 0.05) is 27.6 Å². The minimum Gasteiger partial charge on any atom is -0.337 e. The highest BCUT2D eigenvalue weighted by Crippen LogP contribution is 2.37. The first-order chi connectivity index (χ1) is 17.7. The first kappa shape index (κ1) is 21.4. The van der Waals surface area contributed by atoms with Crippen molar-refractivity contribution in [3.63, 3.8) is 0 Å². The maximum Gasteiger partial charge on any atom is 0.141 e. The first-order valence-electron chi connectivity index (χ1n) is 11.1. The van der Waals surface area contributed by atoms with E-state index < -0.39 is 0 Å². The molecule has 1 N–H and O–H groups in total. The highest BCUT2D eigenvalue weighted by Gasteiger charge is 2.18. The minimum absolute atomic E-state index is 0.386. The standard InChI is InChI=1S/C30H14ClN5/c31-21-9-12-24-26(15-21)25-14-18(7-10-22-6-1-2-13-34-22)8-11-23(25)28-29(24)36-30(35-28)27-19(16-32)4-3-5-20(27)17-33/h1-6,8-9,11-15H,(H,35,36). The summed E-state index contributed by atoms with van der Waals surface area (Å²) >= 11 is 6.39. The Labute approximate surface area is 211 Å². The van der Waals surface area contributed by atoms with Gasteiger partial charge in [-0.3, -0.25) is 0 Å². The molecule has 0 unspecified atom stereocenters. The van der Waals surface area contributed by atoms with Crippen LogP contribution in [0.3, 0.4) is 0 Å². The van der Waals surface area contributed by atoms with Crippen LogP contribution >= 0.6 is 11.6 Å². The molecule has 0 radical (unpaired) electrons. The van der Waals surface area contributed by atoms with Crippen molar-refractivity contribution < 1.29 is 0 Å². The molecule has 0 saturated heterocycles. The van der Waals surface area contributed by atoms with Gasteiger partial charge in [-0.2, -0.15) is 10.5 Å². The summed E-state index contributed by atoms with van der Waals surface area (Å²) < 4.78 is 0. The summed E-state index contributed by atoms with van der Waals surface area (Å²) in [6.45, 7) is 0. The molecule has 6 heteroatoms. The summed E-state index contributed by atoms with van der Waals surface area (Å²) in [4.78, 5) is 12.5. The van der Waals surface area contributed by atoms with Crippen molar-refractivity contribution in [3.8, 4) is 35.4 Å². The number of hydrogen-bond donors (Lipinski definition) is 1. The van der Waals surface area contributed by atoms with Crippen LogP contribution in [0.1, 0.15) is 22.4 Å². The van der Waals surface area contributed by atoms with Crippen LogP contribution in [0.4, 0.5) is 0 Å². The molecule has 36 heavy (non-hydrogen) atoms. The number of nitrogens with one attached hydrogen (secondary N) is 1. The molecule has 0 aliphatic carbocycles. The van der Waals surface area contributed by atoms with Crippen molar-refractivity contribution in [3.05, 3.63) is 106 Å². The summed E-state index contributed by atoms with van der Waals surface area (Å²) in [7, 11) is 0. The number of aromatic amines is 1. The van der Waals surface area contributed by atoms with Crippen LogP contribution in [0.2, 0.25) is 5.02 Å². The molecule has 0 fully saturated rings. The van der Waals surface area contributed by atoms with E-state index in [2.05, 4.69) is 33.9 Å². The van der Waals surface area contributed by atoms with Gasteiger partial charge in [-0.15, -0.1) is 0 Å². The second-order valence-corrected chi connectivity index (χ2v) is 8.61. The second kappa shape index (κ2) is 8.57. The van der Waals surface area contributed by atoms with Gasteiger partial charge in [-0.05, 0) is 65.2 Å². The third kappa shape index (κ3) is 3.51. The van der Waals surface area contributed by atoms with E-state index in [0.29, 0.717) is 33.2 Å². The molecule has 0 atom stereocenters. The number of rotatable bonds is 1. The summed E-state index contributed by atoms with van der Waals surface area (Å²) in [5.74, 6) is 6.78. The number of fused-ring (bicyclic) bond motifs is 6. The fourth-order valence-electron chi connectivity index (χ4n) is 4.46. The SMILES string of the molecule is N#Cc1cccc(C#N)c1-c1nc2c3ccc(Cl)cc3c3cc(C#Cc4ccccn4)ccc3c2[nH]1. The molecular weight excluding hydrogens is 466 g/mol. The largest absolute Gasteiger partial charge is 0.337 e. The summed E-state index contributed by atoms with van der Waals surface area (Å²) in [6.07, 6.45) is 1.72. The fourth-order valence-corrected chi connectivity index (χ4v) is 4.63. The van der Waals surface area contributed by atoms with Gasteiger partial charge in [0.15, 0.2) is 0 Å². The van der Waals surface area contributed by atoms with Crippen molar-refractivity contribution in [2.75, 3.05) is 0 Å². The molecule has 0 aliphatic heterocycles. The van der Waals surface area contributed by atoms with Gasteiger partial charge in [-0.1, -0.05) is 41.8 Å². The number of benzene rings is 4. The Bertz CT molecular complexity index is 1950. The topological polar surface area (TPSA) is 89.2 Å². The molecule has 166 valence electrons. The number of halogens is 1. The lowest BCUT2D eigenvalue weighted by atomic mass is 9.98. The quantitative estimate of drug-likeness (QED) is 0.209. The molecular formula is C30H14ClN5. The van der Waals surface area contributed by atoms with Crippen molar-refractivity contribution in [2.24, 2.45) is 0 Å². The second-order valence-electron chi connectivity index (χ2n) is 8.18. The highest BCUT2D eigenvalue weighted by atomic mass is 35.5. The maximum absolute atomic E-state index is 9.68. The molecule has 2 aromatic heterocycles. The van der Waals surface area contributed by atoms with Crippen molar-refractivity contribution in [2.45, 2.75) is 0 Å². The van der Waals surface area contributed by atoms with Crippen LogP contribution in [0, 0.1) is 34.5 Å². The Morgan fingerprint density at radius 3 is 2.28 bits per heavy atom. The third-order valence-corrected chi connectivity index (χ3v) is 6.30. The number of hydrogen-bond acceptors (Lipinski definition) is 4. The Morgan fingerprint density at radius 2 is 1.53 bits per heavy atom. The Hall–Kier alpha value is -5.15. The van der Waals surface area contributed by atoms with Gasteiger partial charge < -0.3 is 4.98 Å². The van der Waals surface area contributed by atoms with E-state index >= 15 is 0 Å². The first-order valence-corrected chi connectivity index (χ1v) is 11.5. The lowest BCUT2D eigenvalue weighted by molar-refractivity contribution is 1.29. The molecule has 6 rings (SSSR count). The van der Waals surface area contributed by atoms with E-state index in [4.69, 9.17) is 16.6 Å². The van der Waals surface area contributed by atoms with Crippen LogP contribution in [-0.4, -0.2) is 15.0 Å². The number of imidazole rings is 1. The number of nitriles is 2. The minimum atomic E-state index is 0.386. The highest BCUT2D eigenvalue weighted by molar-refractivity contribution is 6.33. The normalized spacial score (nSPS) is 10.6. The van der Waals surface area contributed by atoms with Crippen molar-refractivity contribution in [1.82, 2.24) is 15.0 Å². The number of H-pyrrole nitrogens is 1. The molecule has 0 spiro atoms. The van der Waals surface area contributed by atoms with Crippen molar-refractivity contribution >= 4 is 44.2 Å². The molecule has 0 aliphatic rings. The van der Waals surface area contributed by atoms with E-state index in [1.165, 1.54) is 0 Å².